The minimum absolute atomic E-state index is 0.0459. The van der Waals surface area contributed by atoms with Crippen molar-refractivity contribution in [3.63, 3.8) is 0 Å². The molecule has 0 spiro atoms. The highest BCUT2D eigenvalue weighted by Gasteiger charge is 2.30. The SMILES string of the molecule is Cc1cccc2c1C(C=Nc1ccc(N3CCCC(C(N)=O)C3)cc1)C(=O)N2. The summed E-state index contributed by atoms with van der Waals surface area (Å²) in [5.74, 6) is -0.725. The molecule has 144 valence electrons. The highest BCUT2D eigenvalue weighted by Crippen LogP contribution is 2.34. The summed E-state index contributed by atoms with van der Waals surface area (Å²) in [6.07, 6.45) is 3.54. The van der Waals surface area contributed by atoms with Gasteiger partial charge in [-0.3, -0.25) is 14.6 Å². The van der Waals surface area contributed by atoms with Gasteiger partial charge in [-0.15, -0.1) is 0 Å². The number of aliphatic imine (C=N–C) groups is 1. The smallest absolute Gasteiger partial charge is 0.237 e. The Bertz CT molecular complexity index is 936. The molecule has 2 aliphatic heterocycles. The Morgan fingerprint density at radius 2 is 2.04 bits per heavy atom. The normalized spacial score (nSPS) is 21.6. The van der Waals surface area contributed by atoms with Crippen LogP contribution in [0.25, 0.3) is 0 Å². The zero-order chi connectivity index (χ0) is 19.7. The van der Waals surface area contributed by atoms with Gasteiger partial charge in [0.25, 0.3) is 0 Å². The number of amides is 2. The summed E-state index contributed by atoms with van der Waals surface area (Å²) in [5.41, 5.74) is 10.3. The van der Waals surface area contributed by atoms with Gasteiger partial charge in [-0.05, 0) is 61.2 Å². The molecule has 0 aliphatic carbocycles. The van der Waals surface area contributed by atoms with Crippen molar-refractivity contribution < 1.29 is 9.59 Å². The van der Waals surface area contributed by atoms with Gasteiger partial charge in [0.15, 0.2) is 0 Å². The lowest BCUT2D eigenvalue weighted by Crippen LogP contribution is -2.41. The van der Waals surface area contributed by atoms with E-state index >= 15 is 0 Å². The Kier molecular flexibility index (Phi) is 4.86. The summed E-state index contributed by atoms with van der Waals surface area (Å²) in [5, 5.41) is 2.92. The first kappa shape index (κ1) is 18.2. The largest absolute Gasteiger partial charge is 0.371 e. The van der Waals surface area contributed by atoms with E-state index in [2.05, 4.69) is 15.2 Å². The van der Waals surface area contributed by atoms with E-state index in [0.29, 0.717) is 6.54 Å². The molecule has 6 nitrogen and oxygen atoms in total. The fourth-order valence-electron chi connectivity index (χ4n) is 4.04. The molecule has 3 N–H and O–H groups in total. The number of primary amides is 1. The van der Waals surface area contributed by atoms with Crippen LogP contribution < -0.4 is 16.0 Å². The van der Waals surface area contributed by atoms with Crippen LogP contribution >= 0.6 is 0 Å². The third kappa shape index (κ3) is 3.50. The van der Waals surface area contributed by atoms with E-state index in [9.17, 15) is 9.59 Å². The van der Waals surface area contributed by atoms with E-state index < -0.39 is 0 Å². The Hall–Kier alpha value is -3.15. The summed E-state index contributed by atoms with van der Waals surface area (Å²) in [6.45, 7) is 3.59. The third-order valence-electron chi connectivity index (χ3n) is 5.59. The van der Waals surface area contributed by atoms with Crippen LogP contribution in [0.2, 0.25) is 0 Å². The van der Waals surface area contributed by atoms with E-state index in [0.717, 1.165) is 47.6 Å². The molecule has 2 heterocycles. The molecule has 2 aromatic rings. The number of nitrogens with two attached hydrogens (primary N) is 1. The zero-order valence-electron chi connectivity index (χ0n) is 15.9. The van der Waals surface area contributed by atoms with E-state index in [1.165, 1.54) is 0 Å². The summed E-state index contributed by atoms with van der Waals surface area (Å²) in [4.78, 5) is 30.5. The monoisotopic (exact) mass is 376 g/mol. The van der Waals surface area contributed by atoms with Crippen LogP contribution in [0.1, 0.15) is 29.9 Å². The molecule has 4 rings (SSSR count). The second-order valence-corrected chi connectivity index (χ2v) is 7.49. The number of fused-ring (bicyclic) bond motifs is 1. The van der Waals surface area contributed by atoms with E-state index in [1.54, 1.807) is 6.21 Å². The number of nitrogens with one attached hydrogen (secondary N) is 1. The number of anilines is 2. The van der Waals surface area contributed by atoms with Crippen LogP contribution in [-0.2, 0) is 9.59 Å². The van der Waals surface area contributed by atoms with Gasteiger partial charge in [-0.2, -0.15) is 0 Å². The number of rotatable bonds is 4. The van der Waals surface area contributed by atoms with E-state index in [1.807, 2.05) is 49.4 Å². The van der Waals surface area contributed by atoms with Crippen molar-refractivity contribution in [1.29, 1.82) is 0 Å². The predicted octanol–water partition coefficient (Wildman–Crippen LogP) is 3.13. The molecule has 0 bridgehead atoms. The maximum absolute atomic E-state index is 12.3. The average molecular weight is 376 g/mol. The number of aryl methyl sites for hydroxylation is 1. The van der Waals surface area contributed by atoms with Crippen LogP contribution in [0.5, 0.6) is 0 Å². The second-order valence-electron chi connectivity index (χ2n) is 7.49. The predicted molar refractivity (Wildman–Crippen MR) is 111 cm³/mol. The van der Waals surface area contributed by atoms with Crippen molar-refractivity contribution in [3.8, 4) is 0 Å². The molecular formula is C22H24N4O2. The van der Waals surface area contributed by atoms with Gasteiger partial charge in [0.2, 0.25) is 11.8 Å². The summed E-state index contributed by atoms with van der Waals surface area (Å²) in [6, 6.07) is 13.7. The number of carbonyl (C=O) groups is 2. The maximum atomic E-state index is 12.3. The van der Waals surface area contributed by atoms with E-state index in [-0.39, 0.29) is 23.7 Å². The molecule has 2 aromatic carbocycles. The van der Waals surface area contributed by atoms with Gasteiger partial charge >= 0.3 is 0 Å². The topological polar surface area (TPSA) is 87.8 Å². The molecule has 2 amide bonds. The summed E-state index contributed by atoms with van der Waals surface area (Å²) < 4.78 is 0. The molecule has 1 fully saturated rings. The number of benzene rings is 2. The highest BCUT2D eigenvalue weighted by atomic mass is 16.2. The third-order valence-corrected chi connectivity index (χ3v) is 5.59. The second kappa shape index (κ2) is 7.46. The van der Waals surface area contributed by atoms with Crippen molar-refractivity contribution in [2.75, 3.05) is 23.3 Å². The van der Waals surface area contributed by atoms with Crippen molar-refractivity contribution in [1.82, 2.24) is 0 Å². The minimum atomic E-state index is -0.366. The minimum Gasteiger partial charge on any atom is -0.371 e. The Labute approximate surface area is 164 Å². The zero-order valence-corrected chi connectivity index (χ0v) is 15.9. The molecule has 2 unspecified atom stereocenters. The molecule has 28 heavy (non-hydrogen) atoms. The van der Waals surface area contributed by atoms with Crippen molar-refractivity contribution in [2.24, 2.45) is 16.6 Å². The van der Waals surface area contributed by atoms with Crippen LogP contribution in [0.15, 0.2) is 47.5 Å². The summed E-state index contributed by atoms with van der Waals surface area (Å²) in [7, 11) is 0. The van der Waals surface area contributed by atoms with Gasteiger partial charge in [0, 0.05) is 30.7 Å². The lowest BCUT2D eigenvalue weighted by molar-refractivity contribution is -0.122. The lowest BCUT2D eigenvalue weighted by Gasteiger charge is -2.33. The van der Waals surface area contributed by atoms with Gasteiger partial charge in [0.05, 0.1) is 11.6 Å². The number of piperidine rings is 1. The fraction of sp³-hybridized carbons (Fsp3) is 0.318. The Morgan fingerprint density at radius 1 is 1.25 bits per heavy atom. The lowest BCUT2D eigenvalue weighted by atomic mass is 9.97. The molecule has 0 radical (unpaired) electrons. The van der Waals surface area contributed by atoms with Crippen LogP contribution in [0.3, 0.4) is 0 Å². The molecule has 1 saturated heterocycles. The first-order chi connectivity index (χ1) is 13.5. The summed E-state index contributed by atoms with van der Waals surface area (Å²) >= 11 is 0. The van der Waals surface area contributed by atoms with Gasteiger partial charge in [-0.1, -0.05) is 12.1 Å². The average Bonchev–Trinajstić information content (AvgIpc) is 3.03. The number of hydrogen-bond acceptors (Lipinski definition) is 4. The van der Waals surface area contributed by atoms with Crippen molar-refractivity contribution >= 4 is 35.1 Å². The first-order valence-electron chi connectivity index (χ1n) is 9.62. The molecular weight excluding hydrogens is 352 g/mol. The molecule has 6 heteroatoms. The Balaban J connectivity index is 1.48. The number of hydrogen-bond donors (Lipinski definition) is 2. The van der Waals surface area contributed by atoms with Gasteiger partial charge in [0.1, 0.15) is 5.92 Å². The van der Waals surface area contributed by atoms with Crippen LogP contribution in [-0.4, -0.2) is 31.1 Å². The van der Waals surface area contributed by atoms with Crippen LogP contribution in [0.4, 0.5) is 17.1 Å². The first-order valence-corrected chi connectivity index (χ1v) is 9.62. The number of nitrogens with zero attached hydrogens (tertiary/aromatic N) is 2. The van der Waals surface area contributed by atoms with Crippen molar-refractivity contribution in [3.05, 3.63) is 53.6 Å². The molecule has 0 aromatic heterocycles. The van der Waals surface area contributed by atoms with Crippen LogP contribution in [0, 0.1) is 12.8 Å². The fourth-order valence-corrected chi connectivity index (χ4v) is 4.04. The molecule has 2 atom stereocenters. The number of carbonyl (C=O) groups excluding carboxylic acids is 2. The van der Waals surface area contributed by atoms with Gasteiger partial charge < -0.3 is 16.0 Å². The standard InChI is InChI=1S/C22H24N4O2/c1-14-4-2-6-19-20(14)18(22(28)25-19)12-24-16-7-9-17(10-8-16)26-11-3-5-15(13-26)21(23)27/h2,4,6-10,12,15,18H,3,5,11,13H2,1H3,(H2,23,27)(H,25,28). The molecule has 2 aliphatic rings. The van der Waals surface area contributed by atoms with E-state index in [4.69, 9.17) is 5.73 Å². The maximum Gasteiger partial charge on any atom is 0.237 e. The highest BCUT2D eigenvalue weighted by molar-refractivity contribution is 6.13. The molecule has 0 saturated carbocycles. The van der Waals surface area contributed by atoms with Gasteiger partial charge in [-0.25, -0.2) is 0 Å². The quantitative estimate of drug-likeness (QED) is 0.804. The Morgan fingerprint density at radius 3 is 2.79 bits per heavy atom. The van der Waals surface area contributed by atoms with Crippen molar-refractivity contribution in [2.45, 2.75) is 25.7 Å².